The van der Waals surface area contributed by atoms with E-state index in [0.717, 1.165) is 31.7 Å². The molecule has 5 heterocycles. The quantitative estimate of drug-likeness (QED) is 0.751. The van der Waals surface area contributed by atoms with Crippen LogP contribution in [0, 0.1) is 6.92 Å². The van der Waals surface area contributed by atoms with Gasteiger partial charge < -0.3 is 10.2 Å². The number of aryl methyl sites for hydroxylation is 1. The van der Waals surface area contributed by atoms with Crippen LogP contribution in [0.2, 0.25) is 0 Å². The Bertz CT molecular complexity index is 1050. The standard InChI is InChI=1S/C21H22N4S/c1-14-9-16-17-11-24(2)8-5-19(17)25(21(16)23-10-14)20-13-26-12-18(20)15-3-6-22-7-4-15/h3-4,6,9-10,12-13,22H,5,7-8,11H2,1-2H3. The summed E-state index contributed by atoms with van der Waals surface area (Å²) in [4.78, 5) is 7.26. The Kier molecular flexibility index (Phi) is 3.72. The lowest BCUT2D eigenvalue weighted by molar-refractivity contribution is 0.311. The lowest BCUT2D eigenvalue weighted by atomic mass is 10.0. The third kappa shape index (κ3) is 2.42. The molecule has 5 rings (SSSR count). The molecule has 0 amide bonds. The molecule has 0 saturated heterocycles. The summed E-state index contributed by atoms with van der Waals surface area (Å²) in [6.45, 7) is 5.10. The molecular weight excluding hydrogens is 340 g/mol. The van der Waals surface area contributed by atoms with Crippen molar-refractivity contribution in [3.63, 3.8) is 0 Å². The van der Waals surface area contributed by atoms with Gasteiger partial charge >= 0.3 is 0 Å². The van der Waals surface area contributed by atoms with E-state index in [4.69, 9.17) is 4.98 Å². The van der Waals surface area contributed by atoms with E-state index in [0.29, 0.717) is 0 Å². The highest BCUT2D eigenvalue weighted by Gasteiger charge is 2.25. The molecule has 3 aromatic heterocycles. The number of nitrogens with one attached hydrogen (secondary N) is 1. The predicted molar refractivity (Wildman–Crippen MR) is 109 cm³/mol. The molecule has 3 aromatic rings. The summed E-state index contributed by atoms with van der Waals surface area (Å²) in [6.07, 6.45) is 9.51. The monoisotopic (exact) mass is 362 g/mol. The van der Waals surface area contributed by atoms with Crippen LogP contribution in [0.1, 0.15) is 22.4 Å². The van der Waals surface area contributed by atoms with Crippen molar-refractivity contribution in [2.45, 2.75) is 19.9 Å². The highest BCUT2D eigenvalue weighted by Crippen LogP contribution is 2.36. The van der Waals surface area contributed by atoms with Gasteiger partial charge in [-0.1, -0.05) is 6.08 Å². The molecule has 0 aromatic carbocycles. The summed E-state index contributed by atoms with van der Waals surface area (Å²) in [6, 6.07) is 2.30. The number of fused-ring (bicyclic) bond motifs is 3. The van der Waals surface area contributed by atoms with E-state index in [9.17, 15) is 0 Å². The van der Waals surface area contributed by atoms with Crippen LogP contribution in [-0.2, 0) is 13.0 Å². The molecule has 0 aliphatic carbocycles. The predicted octanol–water partition coefficient (Wildman–Crippen LogP) is 3.88. The number of rotatable bonds is 2. The van der Waals surface area contributed by atoms with E-state index in [1.807, 2.05) is 12.4 Å². The van der Waals surface area contributed by atoms with Gasteiger partial charge in [-0.05, 0) is 49.0 Å². The number of thiophene rings is 1. The molecule has 2 aliphatic rings. The van der Waals surface area contributed by atoms with E-state index in [1.165, 1.54) is 39.0 Å². The van der Waals surface area contributed by atoms with Crippen molar-refractivity contribution in [3.05, 3.63) is 63.8 Å². The van der Waals surface area contributed by atoms with Crippen LogP contribution in [0.5, 0.6) is 0 Å². The van der Waals surface area contributed by atoms with Gasteiger partial charge in [0.05, 0.1) is 5.69 Å². The highest BCUT2D eigenvalue weighted by atomic mass is 32.1. The molecule has 1 N–H and O–H groups in total. The van der Waals surface area contributed by atoms with Gasteiger partial charge in [0.2, 0.25) is 0 Å². The minimum atomic E-state index is 0.883. The number of pyridine rings is 1. The van der Waals surface area contributed by atoms with Gasteiger partial charge in [-0.3, -0.25) is 4.57 Å². The number of dihydropyridines is 1. The second kappa shape index (κ2) is 6.11. The smallest absolute Gasteiger partial charge is 0.145 e. The zero-order chi connectivity index (χ0) is 17.7. The van der Waals surface area contributed by atoms with Gasteiger partial charge in [0.25, 0.3) is 0 Å². The SMILES string of the molecule is Cc1cnc2c(c1)c1c(n2-c2cscc2C2=CCNC=C2)CCN(C)C1. The fourth-order valence-corrected chi connectivity index (χ4v) is 4.88. The first-order valence-electron chi connectivity index (χ1n) is 9.07. The normalized spacial score (nSPS) is 17.2. The third-order valence-corrected chi connectivity index (χ3v) is 6.06. The fourth-order valence-electron chi connectivity index (χ4n) is 4.06. The number of likely N-dealkylation sites (N-methyl/N-ethyl adjacent to an activating group) is 1. The first-order chi connectivity index (χ1) is 12.7. The number of allylic oxidation sites excluding steroid dienone is 2. The molecule has 132 valence electrons. The van der Waals surface area contributed by atoms with Gasteiger partial charge in [-0.2, -0.15) is 0 Å². The molecule has 0 atom stereocenters. The van der Waals surface area contributed by atoms with Gasteiger partial charge in [0.1, 0.15) is 5.65 Å². The summed E-state index contributed by atoms with van der Waals surface area (Å²) in [7, 11) is 2.20. The molecule has 0 unspecified atom stereocenters. The lowest BCUT2D eigenvalue weighted by Gasteiger charge is -2.24. The molecule has 4 nitrogen and oxygen atoms in total. The Morgan fingerprint density at radius 3 is 3.04 bits per heavy atom. The number of aromatic nitrogens is 2. The summed E-state index contributed by atoms with van der Waals surface area (Å²) >= 11 is 1.77. The van der Waals surface area contributed by atoms with Crippen molar-refractivity contribution < 1.29 is 0 Å². The van der Waals surface area contributed by atoms with Crippen LogP contribution in [0.25, 0.3) is 22.3 Å². The topological polar surface area (TPSA) is 33.1 Å². The van der Waals surface area contributed by atoms with Crippen molar-refractivity contribution in [2.75, 3.05) is 20.1 Å². The highest BCUT2D eigenvalue weighted by molar-refractivity contribution is 7.08. The van der Waals surface area contributed by atoms with Crippen LogP contribution >= 0.6 is 11.3 Å². The van der Waals surface area contributed by atoms with Crippen molar-refractivity contribution >= 4 is 27.9 Å². The maximum Gasteiger partial charge on any atom is 0.145 e. The molecule has 0 saturated carbocycles. The van der Waals surface area contributed by atoms with Crippen LogP contribution in [0.15, 0.2) is 41.4 Å². The Labute approximate surface area is 157 Å². The van der Waals surface area contributed by atoms with Crippen LogP contribution in [0.3, 0.4) is 0 Å². The molecule has 0 spiro atoms. The van der Waals surface area contributed by atoms with Crippen molar-refractivity contribution in [1.82, 2.24) is 19.8 Å². The van der Waals surface area contributed by atoms with Gasteiger partial charge in [-0.15, -0.1) is 11.3 Å². The third-order valence-electron chi connectivity index (χ3n) is 5.33. The molecule has 0 bridgehead atoms. The second-order valence-electron chi connectivity index (χ2n) is 7.20. The molecule has 0 fully saturated rings. The number of hydrogen-bond donors (Lipinski definition) is 1. The Hall–Kier alpha value is -2.37. The molecule has 5 heteroatoms. The van der Waals surface area contributed by atoms with E-state index in [2.05, 4.69) is 57.7 Å². The number of hydrogen-bond acceptors (Lipinski definition) is 4. The summed E-state index contributed by atoms with van der Waals surface area (Å²) in [5.74, 6) is 0. The molecule has 0 radical (unpaired) electrons. The largest absolute Gasteiger partial charge is 0.387 e. The van der Waals surface area contributed by atoms with E-state index >= 15 is 0 Å². The van der Waals surface area contributed by atoms with E-state index in [-0.39, 0.29) is 0 Å². The Morgan fingerprint density at radius 2 is 2.19 bits per heavy atom. The lowest BCUT2D eigenvalue weighted by Crippen LogP contribution is -2.27. The van der Waals surface area contributed by atoms with Crippen LogP contribution in [0.4, 0.5) is 0 Å². The molecule has 2 aliphatic heterocycles. The van der Waals surface area contributed by atoms with Crippen molar-refractivity contribution in [2.24, 2.45) is 0 Å². The Balaban J connectivity index is 1.78. The van der Waals surface area contributed by atoms with E-state index in [1.54, 1.807) is 11.3 Å². The first-order valence-corrected chi connectivity index (χ1v) is 10.0. The van der Waals surface area contributed by atoms with Crippen molar-refractivity contribution in [1.29, 1.82) is 0 Å². The minimum absolute atomic E-state index is 0.883. The van der Waals surface area contributed by atoms with Gasteiger partial charge in [0, 0.05) is 59.7 Å². The number of nitrogens with zero attached hydrogens (tertiary/aromatic N) is 3. The van der Waals surface area contributed by atoms with Crippen molar-refractivity contribution in [3.8, 4) is 5.69 Å². The summed E-state index contributed by atoms with van der Waals surface area (Å²) in [5.41, 5.74) is 9.03. The first kappa shape index (κ1) is 15.9. The summed E-state index contributed by atoms with van der Waals surface area (Å²) in [5, 5.41) is 9.08. The average Bonchev–Trinajstić information content (AvgIpc) is 3.24. The van der Waals surface area contributed by atoms with Crippen LogP contribution in [-0.4, -0.2) is 34.6 Å². The Morgan fingerprint density at radius 1 is 1.27 bits per heavy atom. The van der Waals surface area contributed by atoms with Crippen LogP contribution < -0.4 is 5.32 Å². The molecule has 26 heavy (non-hydrogen) atoms. The maximum atomic E-state index is 4.85. The fraction of sp³-hybridized carbons (Fsp3) is 0.286. The average molecular weight is 363 g/mol. The van der Waals surface area contributed by atoms with Gasteiger partial charge in [-0.25, -0.2) is 4.98 Å². The zero-order valence-electron chi connectivity index (χ0n) is 15.1. The zero-order valence-corrected chi connectivity index (χ0v) is 15.9. The second-order valence-corrected chi connectivity index (χ2v) is 7.95. The molecular formula is C21H22N4S. The summed E-state index contributed by atoms with van der Waals surface area (Å²) < 4.78 is 2.42. The minimum Gasteiger partial charge on any atom is -0.387 e. The maximum absolute atomic E-state index is 4.85. The van der Waals surface area contributed by atoms with Gasteiger partial charge in [0.15, 0.2) is 0 Å². The van der Waals surface area contributed by atoms with E-state index < -0.39 is 0 Å².